The molecule has 5 heteroatoms. The molecule has 0 unspecified atom stereocenters. The zero-order chi connectivity index (χ0) is 27.2. The van der Waals surface area contributed by atoms with Crippen LogP contribution in [-0.4, -0.2) is 24.3 Å². The van der Waals surface area contributed by atoms with Crippen molar-refractivity contribution >= 4 is 27.3 Å². The summed E-state index contributed by atoms with van der Waals surface area (Å²) in [5.41, 5.74) is 9.59. The molecule has 0 radical (unpaired) electrons. The fourth-order valence-corrected chi connectivity index (χ4v) is 5.56. The van der Waals surface area contributed by atoms with Crippen molar-refractivity contribution in [3.8, 4) is 45.2 Å². The average molecular weight is 526 g/mol. The maximum atomic E-state index is 5.03. The zero-order valence-corrected chi connectivity index (χ0v) is 22.0. The molecule has 0 aliphatic carbocycles. The molecule has 0 N–H and O–H groups in total. The molecular formula is C36H23N5. The van der Waals surface area contributed by atoms with E-state index >= 15 is 0 Å². The summed E-state index contributed by atoms with van der Waals surface area (Å²) in [6.07, 6.45) is 5.69. The van der Waals surface area contributed by atoms with Crippen LogP contribution in [0.1, 0.15) is 0 Å². The highest BCUT2D eigenvalue weighted by atomic mass is 15.0. The zero-order valence-electron chi connectivity index (χ0n) is 22.0. The second-order valence-corrected chi connectivity index (χ2v) is 10.0. The highest BCUT2D eigenvalue weighted by Gasteiger charge is 2.19. The summed E-state index contributed by atoms with van der Waals surface area (Å²) in [7, 11) is 0. The van der Waals surface area contributed by atoms with Crippen LogP contribution < -0.4 is 0 Å². The third kappa shape index (κ3) is 4.03. The second-order valence-electron chi connectivity index (χ2n) is 10.0. The number of hydrogen-bond acceptors (Lipinski definition) is 4. The maximum Gasteiger partial charge on any atom is 0.138 e. The first kappa shape index (κ1) is 23.2. The third-order valence-corrected chi connectivity index (χ3v) is 7.51. The minimum atomic E-state index is 0.845. The molecule has 0 aliphatic rings. The average Bonchev–Trinajstić information content (AvgIpc) is 3.44. The number of imidazole rings is 1. The lowest BCUT2D eigenvalue weighted by molar-refractivity contribution is 1.19. The van der Waals surface area contributed by atoms with Gasteiger partial charge in [-0.15, -0.1) is 0 Å². The lowest BCUT2D eigenvalue weighted by Crippen LogP contribution is -1.93. The molecule has 0 bridgehead atoms. The number of aromatic nitrogens is 5. The number of nitrogens with zero attached hydrogens (tertiary/aromatic N) is 5. The number of benzene rings is 3. The van der Waals surface area contributed by atoms with E-state index in [-0.39, 0.29) is 0 Å². The predicted molar refractivity (Wildman–Crippen MR) is 165 cm³/mol. The third-order valence-electron chi connectivity index (χ3n) is 7.51. The minimum absolute atomic E-state index is 0.845. The molecule has 5 heterocycles. The molecule has 5 aromatic heterocycles. The Morgan fingerprint density at radius 2 is 1.29 bits per heavy atom. The van der Waals surface area contributed by atoms with E-state index in [9.17, 15) is 0 Å². The molecule has 0 amide bonds. The number of fused-ring (bicyclic) bond motifs is 3. The highest BCUT2D eigenvalue weighted by Crippen LogP contribution is 2.39. The van der Waals surface area contributed by atoms with Crippen LogP contribution in [0.3, 0.4) is 0 Å². The molecule has 8 rings (SSSR count). The Labute approximate surface area is 236 Å². The topological polar surface area (TPSA) is 56.0 Å². The van der Waals surface area contributed by atoms with Gasteiger partial charge in [0, 0.05) is 29.5 Å². The van der Waals surface area contributed by atoms with Crippen LogP contribution in [0.2, 0.25) is 0 Å². The standard InChI is InChI=1S/C36H23N5/c1-2-10-28-26(9-1)21-27(25-15-14-24-16-17-31(39-33(24)23-25)30-11-3-6-18-37-30)22-29(28)36-35(32-12-4-7-19-38-32)40-34-13-5-8-20-41(34)36/h1-23H. The van der Waals surface area contributed by atoms with Crippen molar-refractivity contribution in [3.05, 3.63) is 140 Å². The summed E-state index contributed by atoms with van der Waals surface area (Å²) in [6.45, 7) is 0. The Bertz CT molecular complexity index is 2200. The fraction of sp³-hybridized carbons (Fsp3) is 0. The van der Waals surface area contributed by atoms with Crippen molar-refractivity contribution < 1.29 is 0 Å². The normalized spacial score (nSPS) is 11.4. The van der Waals surface area contributed by atoms with Gasteiger partial charge >= 0.3 is 0 Å². The Morgan fingerprint density at radius 1 is 0.512 bits per heavy atom. The van der Waals surface area contributed by atoms with Crippen LogP contribution in [0.25, 0.3) is 72.5 Å². The van der Waals surface area contributed by atoms with E-state index in [0.717, 1.165) is 72.5 Å². The molecule has 0 saturated heterocycles. The Kier molecular flexibility index (Phi) is 5.38. The van der Waals surface area contributed by atoms with Crippen LogP contribution in [0, 0.1) is 0 Å². The Morgan fingerprint density at radius 3 is 2.15 bits per heavy atom. The highest BCUT2D eigenvalue weighted by molar-refractivity contribution is 6.02. The molecule has 0 aliphatic heterocycles. The molecule has 5 nitrogen and oxygen atoms in total. The van der Waals surface area contributed by atoms with E-state index in [1.54, 1.807) is 6.20 Å². The van der Waals surface area contributed by atoms with Crippen molar-refractivity contribution in [1.29, 1.82) is 0 Å². The van der Waals surface area contributed by atoms with Gasteiger partial charge in [-0.2, -0.15) is 0 Å². The van der Waals surface area contributed by atoms with Crippen LogP contribution in [0.5, 0.6) is 0 Å². The first-order chi connectivity index (χ1) is 20.3. The Balaban J connectivity index is 1.37. The van der Waals surface area contributed by atoms with E-state index < -0.39 is 0 Å². The summed E-state index contributed by atoms with van der Waals surface area (Å²) in [6, 6.07) is 41.6. The molecule has 3 aromatic carbocycles. The molecule has 41 heavy (non-hydrogen) atoms. The number of rotatable bonds is 4. The van der Waals surface area contributed by atoms with Gasteiger partial charge in [-0.1, -0.05) is 60.7 Å². The van der Waals surface area contributed by atoms with Gasteiger partial charge in [0.05, 0.1) is 28.3 Å². The van der Waals surface area contributed by atoms with Gasteiger partial charge in [-0.3, -0.25) is 14.4 Å². The van der Waals surface area contributed by atoms with E-state index in [4.69, 9.17) is 9.97 Å². The van der Waals surface area contributed by atoms with E-state index in [1.165, 1.54) is 0 Å². The minimum Gasteiger partial charge on any atom is -0.299 e. The lowest BCUT2D eigenvalue weighted by Gasteiger charge is -2.13. The first-order valence-electron chi connectivity index (χ1n) is 13.6. The van der Waals surface area contributed by atoms with Gasteiger partial charge in [0.15, 0.2) is 0 Å². The monoisotopic (exact) mass is 525 g/mol. The summed E-state index contributed by atoms with van der Waals surface area (Å²) in [5, 5.41) is 3.41. The molecule has 192 valence electrons. The van der Waals surface area contributed by atoms with Crippen LogP contribution in [0.15, 0.2) is 140 Å². The quantitative estimate of drug-likeness (QED) is 0.231. The second kappa shape index (κ2) is 9.50. The van der Waals surface area contributed by atoms with E-state index in [0.29, 0.717) is 0 Å². The van der Waals surface area contributed by atoms with Crippen molar-refractivity contribution in [3.63, 3.8) is 0 Å². The Hall–Kier alpha value is -5.68. The van der Waals surface area contributed by atoms with Gasteiger partial charge in [0.25, 0.3) is 0 Å². The number of pyridine rings is 4. The molecule has 0 spiro atoms. The van der Waals surface area contributed by atoms with Crippen molar-refractivity contribution in [2.75, 3.05) is 0 Å². The van der Waals surface area contributed by atoms with Crippen LogP contribution in [-0.2, 0) is 0 Å². The molecular weight excluding hydrogens is 502 g/mol. The SMILES string of the molecule is c1ccc(-c2ccc3ccc(-c4cc(-c5c(-c6ccccn6)nc6ccccn56)c5ccccc5c4)cc3n2)nc1. The van der Waals surface area contributed by atoms with E-state index in [1.807, 2.05) is 66.9 Å². The van der Waals surface area contributed by atoms with Gasteiger partial charge < -0.3 is 0 Å². The van der Waals surface area contributed by atoms with Crippen LogP contribution >= 0.6 is 0 Å². The largest absolute Gasteiger partial charge is 0.299 e. The smallest absolute Gasteiger partial charge is 0.138 e. The van der Waals surface area contributed by atoms with Gasteiger partial charge in [0.1, 0.15) is 11.3 Å². The molecule has 0 fully saturated rings. The van der Waals surface area contributed by atoms with Crippen molar-refractivity contribution in [1.82, 2.24) is 24.3 Å². The van der Waals surface area contributed by atoms with Gasteiger partial charge in [0.2, 0.25) is 0 Å². The fourth-order valence-electron chi connectivity index (χ4n) is 5.56. The van der Waals surface area contributed by atoms with Crippen LogP contribution in [0.4, 0.5) is 0 Å². The number of hydrogen-bond donors (Lipinski definition) is 0. The summed E-state index contributed by atoms with van der Waals surface area (Å²) in [5.74, 6) is 0. The van der Waals surface area contributed by atoms with Crippen molar-refractivity contribution in [2.45, 2.75) is 0 Å². The molecule has 0 atom stereocenters. The lowest BCUT2D eigenvalue weighted by atomic mass is 9.93. The summed E-state index contributed by atoms with van der Waals surface area (Å²) < 4.78 is 2.16. The molecule has 8 aromatic rings. The molecule has 0 saturated carbocycles. The maximum absolute atomic E-state index is 5.03. The summed E-state index contributed by atoms with van der Waals surface area (Å²) in [4.78, 5) is 19.2. The van der Waals surface area contributed by atoms with Crippen molar-refractivity contribution in [2.24, 2.45) is 0 Å². The predicted octanol–water partition coefficient (Wildman–Crippen LogP) is 8.49. The first-order valence-corrected chi connectivity index (χ1v) is 13.6. The summed E-state index contributed by atoms with van der Waals surface area (Å²) >= 11 is 0. The van der Waals surface area contributed by atoms with Gasteiger partial charge in [-0.25, -0.2) is 9.97 Å². The van der Waals surface area contributed by atoms with Gasteiger partial charge in [-0.05, 0) is 82.6 Å². The van der Waals surface area contributed by atoms with E-state index in [2.05, 4.69) is 81.2 Å².